The fraction of sp³-hybridized carbons (Fsp3) is 0.500. The summed E-state index contributed by atoms with van der Waals surface area (Å²) >= 11 is 0. The van der Waals surface area contributed by atoms with Gasteiger partial charge in [0.15, 0.2) is 0 Å². The third kappa shape index (κ3) is 4.71. The molecule has 0 saturated carbocycles. The Morgan fingerprint density at radius 1 is 1.48 bits per heavy atom. The molecule has 7 heteroatoms. The molecule has 7 nitrogen and oxygen atoms in total. The molecule has 1 aliphatic heterocycles. The van der Waals surface area contributed by atoms with Crippen molar-refractivity contribution in [2.75, 3.05) is 18.5 Å². The van der Waals surface area contributed by atoms with E-state index in [9.17, 15) is 9.59 Å². The number of carboxylic acid groups (broad SMARTS) is 1. The van der Waals surface area contributed by atoms with E-state index in [0.29, 0.717) is 23.8 Å². The maximum absolute atomic E-state index is 11.8. The number of hydrogen-bond donors (Lipinski definition) is 3. The lowest BCUT2D eigenvalue weighted by atomic mass is 10.0. The van der Waals surface area contributed by atoms with Crippen LogP contribution in [-0.4, -0.2) is 41.3 Å². The van der Waals surface area contributed by atoms with E-state index in [1.165, 1.54) is 6.20 Å². The molecule has 1 fully saturated rings. The molecule has 0 spiro atoms. The highest BCUT2D eigenvalue weighted by atomic mass is 16.5. The van der Waals surface area contributed by atoms with Crippen molar-refractivity contribution < 1.29 is 19.4 Å². The van der Waals surface area contributed by atoms with E-state index in [1.807, 2.05) is 6.92 Å². The summed E-state index contributed by atoms with van der Waals surface area (Å²) in [6, 6.07) is 2.91. The number of anilines is 1. The minimum atomic E-state index is -0.936. The number of carbonyl (C=O) groups is 2. The quantitative estimate of drug-likeness (QED) is 0.758. The first-order chi connectivity index (χ1) is 10.0. The molecule has 1 aromatic heterocycles. The number of hydrogen-bond acceptors (Lipinski definition) is 4. The van der Waals surface area contributed by atoms with Gasteiger partial charge in [-0.05, 0) is 25.5 Å². The first kappa shape index (κ1) is 15.2. The average Bonchev–Trinajstić information content (AvgIpc) is 2.84. The van der Waals surface area contributed by atoms with Gasteiger partial charge in [-0.25, -0.2) is 4.79 Å². The van der Waals surface area contributed by atoms with Crippen LogP contribution in [0.25, 0.3) is 0 Å². The largest absolute Gasteiger partial charge is 0.481 e. The standard InChI is InChI=1S/C14H19N3O4/c1-9-10(4-5-21-9)7-16-14(20)17-12-3-2-11(15-8-12)6-13(18)19/h2-3,8-10H,4-7H2,1H3,(H,18,19)(H2,16,17,20). The summed E-state index contributed by atoms with van der Waals surface area (Å²) in [5.41, 5.74) is 0.975. The summed E-state index contributed by atoms with van der Waals surface area (Å²) in [5, 5.41) is 14.1. The van der Waals surface area contributed by atoms with Crippen LogP contribution >= 0.6 is 0 Å². The van der Waals surface area contributed by atoms with Crippen LogP contribution < -0.4 is 10.6 Å². The van der Waals surface area contributed by atoms with Gasteiger partial charge in [0.2, 0.25) is 0 Å². The molecule has 2 heterocycles. The van der Waals surface area contributed by atoms with E-state index in [0.717, 1.165) is 13.0 Å². The van der Waals surface area contributed by atoms with Crippen LogP contribution in [0.1, 0.15) is 19.0 Å². The number of pyridine rings is 1. The Balaban J connectivity index is 1.78. The van der Waals surface area contributed by atoms with E-state index in [-0.39, 0.29) is 18.6 Å². The zero-order valence-corrected chi connectivity index (χ0v) is 11.8. The summed E-state index contributed by atoms with van der Waals surface area (Å²) < 4.78 is 5.43. The van der Waals surface area contributed by atoms with Crippen molar-refractivity contribution in [2.45, 2.75) is 25.9 Å². The number of carbonyl (C=O) groups excluding carboxylic acids is 1. The van der Waals surface area contributed by atoms with E-state index in [1.54, 1.807) is 12.1 Å². The van der Waals surface area contributed by atoms with Crippen molar-refractivity contribution in [1.82, 2.24) is 10.3 Å². The Morgan fingerprint density at radius 3 is 2.86 bits per heavy atom. The number of aliphatic carboxylic acids is 1. The topological polar surface area (TPSA) is 101 Å². The van der Waals surface area contributed by atoms with Crippen molar-refractivity contribution in [3.8, 4) is 0 Å². The van der Waals surface area contributed by atoms with Gasteiger partial charge in [-0.15, -0.1) is 0 Å². The van der Waals surface area contributed by atoms with Crippen LogP contribution in [0.4, 0.5) is 10.5 Å². The highest BCUT2D eigenvalue weighted by Crippen LogP contribution is 2.19. The highest BCUT2D eigenvalue weighted by molar-refractivity contribution is 5.89. The van der Waals surface area contributed by atoms with Gasteiger partial charge in [0, 0.05) is 19.1 Å². The minimum Gasteiger partial charge on any atom is -0.481 e. The molecule has 0 aromatic carbocycles. The number of nitrogens with zero attached hydrogens (tertiary/aromatic N) is 1. The predicted molar refractivity (Wildman–Crippen MR) is 76.1 cm³/mol. The number of rotatable bonds is 5. The molecule has 1 aromatic rings. The van der Waals surface area contributed by atoms with E-state index >= 15 is 0 Å². The Hall–Kier alpha value is -2.15. The fourth-order valence-corrected chi connectivity index (χ4v) is 2.20. The average molecular weight is 293 g/mol. The van der Waals surface area contributed by atoms with Crippen LogP contribution in [0.5, 0.6) is 0 Å². The fourth-order valence-electron chi connectivity index (χ4n) is 2.20. The Bertz CT molecular complexity index is 503. The molecule has 0 bridgehead atoms. The summed E-state index contributed by atoms with van der Waals surface area (Å²) in [4.78, 5) is 26.3. The zero-order chi connectivity index (χ0) is 15.2. The van der Waals surface area contributed by atoms with E-state index in [2.05, 4.69) is 15.6 Å². The monoisotopic (exact) mass is 293 g/mol. The molecule has 114 valence electrons. The molecule has 1 aliphatic rings. The van der Waals surface area contributed by atoms with Gasteiger partial charge < -0.3 is 20.5 Å². The number of amides is 2. The summed E-state index contributed by atoms with van der Waals surface area (Å²) in [6.45, 7) is 3.31. The first-order valence-corrected chi connectivity index (χ1v) is 6.88. The van der Waals surface area contributed by atoms with Crippen LogP contribution in [-0.2, 0) is 16.0 Å². The van der Waals surface area contributed by atoms with Crippen LogP contribution in [0, 0.1) is 5.92 Å². The predicted octanol–water partition coefficient (Wildman–Crippen LogP) is 1.26. The van der Waals surface area contributed by atoms with Gasteiger partial charge in [0.1, 0.15) is 0 Å². The smallest absolute Gasteiger partial charge is 0.319 e. The van der Waals surface area contributed by atoms with Crippen LogP contribution in [0.2, 0.25) is 0 Å². The van der Waals surface area contributed by atoms with Crippen molar-refractivity contribution in [2.24, 2.45) is 5.92 Å². The molecule has 2 unspecified atom stereocenters. The molecule has 0 aliphatic carbocycles. The molecule has 2 amide bonds. The molecule has 0 radical (unpaired) electrons. The van der Waals surface area contributed by atoms with Crippen molar-refractivity contribution in [3.63, 3.8) is 0 Å². The number of urea groups is 1. The van der Waals surface area contributed by atoms with Crippen LogP contribution in [0.3, 0.4) is 0 Å². The summed E-state index contributed by atoms with van der Waals surface area (Å²) in [7, 11) is 0. The van der Waals surface area contributed by atoms with Gasteiger partial charge in [-0.1, -0.05) is 0 Å². The molecule has 2 atom stereocenters. The molecular formula is C14H19N3O4. The van der Waals surface area contributed by atoms with Crippen molar-refractivity contribution >= 4 is 17.7 Å². The Morgan fingerprint density at radius 2 is 2.29 bits per heavy atom. The highest BCUT2D eigenvalue weighted by Gasteiger charge is 2.24. The van der Waals surface area contributed by atoms with E-state index < -0.39 is 5.97 Å². The number of carboxylic acids is 1. The third-order valence-electron chi connectivity index (χ3n) is 3.47. The number of aromatic nitrogens is 1. The second-order valence-electron chi connectivity index (χ2n) is 5.07. The molecular weight excluding hydrogens is 274 g/mol. The third-order valence-corrected chi connectivity index (χ3v) is 3.47. The summed E-state index contributed by atoms with van der Waals surface area (Å²) in [5.74, 6) is -0.597. The second-order valence-corrected chi connectivity index (χ2v) is 5.07. The van der Waals surface area contributed by atoms with Gasteiger partial charge in [-0.3, -0.25) is 9.78 Å². The first-order valence-electron chi connectivity index (χ1n) is 6.88. The van der Waals surface area contributed by atoms with E-state index in [4.69, 9.17) is 9.84 Å². The zero-order valence-electron chi connectivity index (χ0n) is 11.8. The van der Waals surface area contributed by atoms with Gasteiger partial charge >= 0.3 is 12.0 Å². The van der Waals surface area contributed by atoms with Gasteiger partial charge in [0.25, 0.3) is 0 Å². The molecule has 1 saturated heterocycles. The maximum Gasteiger partial charge on any atom is 0.319 e. The number of nitrogens with one attached hydrogen (secondary N) is 2. The van der Waals surface area contributed by atoms with Crippen molar-refractivity contribution in [1.29, 1.82) is 0 Å². The van der Waals surface area contributed by atoms with Crippen LogP contribution in [0.15, 0.2) is 18.3 Å². The lowest BCUT2D eigenvalue weighted by Crippen LogP contribution is -2.35. The molecule has 3 N–H and O–H groups in total. The molecule has 2 rings (SSSR count). The Kier molecular flexibility index (Phi) is 5.10. The van der Waals surface area contributed by atoms with Crippen molar-refractivity contribution in [3.05, 3.63) is 24.0 Å². The maximum atomic E-state index is 11.8. The van der Waals surface area contributed by atoms with Gasteiger partial charge in [-0.2, -0.15) is 0 Å². The second kappa shape index (κ2) is 7.03. The minimum absolute atomic E-state index is 0.133. The Labute approximate surface area is 122 Å². The van der Waals surface area contributed by atoms with Gasteiger partial charge in [0.05, 0.1) is 30.1 Å². The normalized spacial score (nSPS) is 21.0. The lowest BCUT2D eigenvalue weighted by molar-refractivity contribution is -0.136. The number of ether oxygens (including phenoxy) is 1. The SMILES string of the molecule is CC1OCCC1CNC(=O)Nc1ccc(CC(=O)O)nc1. The molecule has 21 heavy (non-hydrogen) atoms. The lowest BCUT2D eigenvalue weighted by Gasteiger charge is -2.15. The summed E-state index contributed by atoms with van der Waals surface area (Å²) in [6.07, 6.45) is 2.43.